The van der Waals surface area contributed by atoms with Gasteiger partial charge >= 0.3 is 6.03 Å². The third kappa shape index (κ3) is 4.85. The Morgan fingerprint density at radius 1 is 1.18 bits per heavy atom. The van der Waals surface area contributed by atoms with Gasteiger partial charge in [-0.15, -0.1) is 0 Å². The van der Waals surface area contributed by atoms with Gasteiger partial charge in [0.1, 0.15) is 0 Å². The standard InChI is InChI=1S/C17H33N3O2/c1-17(2,20-10-12-22-13-11-20)14-18-16(21)19(3)15-8-6-4-5-7-9-15/h15H,4-14H2,1-3H3,(H,18,21). The number of morpholine rings is 1. The number of urea groups is 1. The van der Waals surface area contributed by atoms with E-state index in [0.717, 1.165) is 39.1 Å². The minimum Gasteiger partial charge on any atom is -0.379 e. The molecule has 1 aliphatic heterocycles. The summed E-state index contributed by atoms with van der Waals surface area (Å²) < 4.78 is 5.41. The first kappa shape index (κ1) is 17.5. The maximum absolute atomic E-state index is 12.5. The predicted molar refractivity (Wildman–Crippen MR) is 89.1 cm³/mol. The smallest absolute Gasteiger partial charge is 0.317 e. The van der Waals surface area contributed by atoms with E-state index in [0.29, 0.717) is 12.6 Å². The Balaban J connectivity index is 1.80. The summed E-state index contributed by atoms with van der Waals surface area (Å²) >= 11 is 0. The molecule has 0 radical (unpaired) electrons. The first-order valence-corrected chi connectivity index (χ1v) is 8.84. The van der Waals surface area contributed by atoms with Crippen molar-refractivity contribution in [3.05, 3.63) is 0 Å². The van der Waals surface area contributed by atoms with Gasteiger partial charge in [0, 0.05) is 38.3 Å². The summed E-state index contributed by atoms with van der Waals surface area (Å²) in [6.45, 7) is 8.55. The highest BCUT2D eigenvalue weighted by atomic mass is 16.5. The molecule has 2 amide bonds. The van der Waals surface area contributed by atoms with Crippen LogP contribution in [0.3, 0.4) is 0 Å². The van der Waals surface area contributed by atoms with Crippen molar-refractivity contribution in [2.24, 2.45) is 0 Å². The van der Waals surface area contributed by atoms with E-state index >= 15 is 0 Å². The highest BCUT2D eigenvalue weighted by molar-refractivity contribution is 5.74. The lowest BCUT2D eigenvalue weighted by molar-refractivity contribution is -0.00909. The van der Waals surface area contributed by atoms with Crippen LogP contribution in [0, 0.1) is 0 Å². The summed E-state index contributed by atoms with van der Waals surface area (Å²) in [5.74, 6) is 0. The van der Waals surface area contributed by atoms with Crippen LogP contribution in [0.25, 0.3) is 0 Å². The van der Waals surface area contributed by atoms with Gasteiger partial charge in [0.25, 0.3) is 0 Å². The van der Waals surface area contributed by atoms with E-state index in [2.05, 4.69) is 24.1 Å². The average Bonchev–Trinajstić information content (AvgIpc) is 2.82. The molecule has 1 N–H and O–H groups in total. The highest BCUT2D eigenvalue weighted by Crippen LogP contribution is 2.21. The summed E-state index contributed by atoms with van der Waals surface area (Å²) in [6.07, 6.45) is 7.43. The molecule has 0 bridgehead atoms. The van der Waals surface area contributed by atoms with E-state index in [1.165, 1.54) is 25.7 Å². The molecule has 0 aromatic rings. The zero-order valence-corrected chi connectivity index (χ0v) is 14.6. The van der Waals surface area contributed by atoms with Crippen molar-refractivity contribution in [1.29, 1.82) is 0 Å². The molecule has 0 aromatic carbocycles. The fraction of sp³-hybridized carbons (Fsp3) is 0.941. The lowest BCUT2D eigenvalue weighted by Gasteiger charge is -2.41. The van der Waals surface area contributed by atoms with Gasteiger partial charge in [-0.05, 0) is 26.7 Å². The van der Waals surface area contributed by atoms with E-state index in [4.69, 9.17) is 4.74 Å². The van der Waals surface area contributed by atoms with Crippen LogP contribution >= 0.6 is 0 Å². The number of nitrogens with zero attached hydrogens (tertiary/aromatic N) is 2. The first-order chi connectivity index (χ1) is 10.5. The number of hydrogen-bond acceptors (Lipinski definition) is 3. The maximum atomic E-state index is 12.5. The molecule has 1 heterocycles. The molecule has 1 aliphatic carbocycles. The number of carbonyl (C=O) groups is 1. The van der Waals surface area contributed by atoms with E-state index in [1.807, 2.05) is 11.9 Å². The molecule has 2 aliphatic rings. The van der Waals surface area contributed by atoms with Crippen LogP contribution in [0.15, 0.2) is 0 Å². The van der Waals surface area contributed by atoms with E-state index in [-0.39, 0.29) is 11.6 Å². The van der Waals surface area contributed by atoms with Crippen LogP contribution in [0.4, 0.5) is 4.79 Å². The molecular formula is C17H33N3O2. The lowest BCUT2D eigenvalue weighted by Crippen LogP contribution is -2.57. The van der Waals surface area contributed by atoms with Gasteiger partial charge in [-0.25, -0.2) is 4.79 Å². The summed E-state index contributed by atoms with van der Waals surface area (Å²) in [6, 6.07) is 0.488. The Labute approximate surface area is 135 Å². The molecule has 5 heteroatoms. The molecule has 0 spiro atoms. The predicted octanol–water partition coefficient (Wildman–Crippen LogP) is 2.46. The highest BCUT2D eigenvalue weighted by Gasteiger charge is 2.29. The van der Waals surface area contributed by atoms with Crippen molar-refractivity contribution in [2.75, 3.05) is 39.9 Å². The van der Waals surface area contributed by atoms with Gasteiger partial charge in [-0.1, -0.05) is 25.7 Å². The fourth-order valence-electron chi connectivity index (χ4n) is 3.51. The lowest BCUT2D eigenvalue weighted by atomic mass is 10.0. The summed E-state index contributed by atoms with van der Waals surface area (Å²) in [4.78, 5) is 16.8. The number of nitrogens with one attached hydrogen (secondary N) is 1. The zero-order valence-electron chi connectivity index (χ0n) is 14.6. The van der Waals surface area contributed by atoms with Gasteiger partial charge in [-0.3, -0.25) is 4.90 Å². The molecule has 2 fully saturated rings. The molecule has 1 saturated heterocycles. The molecular weight excluding hydrogens is 278 g/mol. The molecule has 2 rings (SSSR count). The van der Waals surface area contributed by atoms with Gasteiger partial charge in [0.05, 0.1) is 13.2 Å². The molecule has 22 heavy (non-hydrogen) atoms. The maximum Gasteiger partial charge on any atom is 0.317 e. The van der Waals surface area contributed by atoms with Crippen molar-refractivity contribution < 1.29 is 9.53 Å². The number of ether oxygens (including phenoxy) is 1. The van der Waals surface area contributed by atoms with Crippen molar-refractivity contribution in [3.63, 3.8) is 0 Å². The van der Waals surface area contributed by atoms with Crippen LogP contribution in [-0.4, -0.2) is 67.3 Å². The van der Waals surface area contributed by atoms with Crippen molar-refractivity contribution in [3.8, 4) is 0 Å². The van der Waals surface area contributed by atoms with Crippen LogP contribution in [0.2, 0.25) is 0 Å². The Hall–Kier alpha value is -0.810. The van der Waals surface area contributed by atoms with Gasteiger partial charge in [0.2, 0.25) is 0 Å². The zero-order chi connectivity index (χ0) is 16.0. The van der Waals surface area contributed by atoms with Crippen molar-refractivity contribution in [2.45, 2.75) is 64.0 Å². The second-order valence-corrected chi connectivity index (χ2v) is 7.33. The first-order valence-electron chi connectivity index (χ1n) is 8.84. The Morgan fingerprint density at radius 3 is 2.36 bits per heavy atom. The van der Waals surface area contributed by atoms with Crippen LogP contribution in [0.5, 0.6) is 0 Å². The Bertz CT molecular complexity index is 346. The number of hydrogen-bond donors (Lipinski definition) is 1. The van der Waals surface area contributed by atoms with Crippen LogP contribution < -0.4 is 5.32 Å². The van der Waals surface area contributed by atoms with Gasteiger partial charge in [-0.2, -0.15) is 0 Å². The average molecular weight is 311 g/mol. The molecule has 128 valence electrons. The quantitative estimate of drug-likeness (QED) is 0.811. The molecule has 0 aromatic heterocycles. The minimum absolute atomic E-state index is 0.0241. The van der Waals surface area contributed by atoms with E-state index in [9.17, 15) is 4.79 Å². The van der Waals surface area contributed by atoms with Crippen molar-refractivity contribution >= 4 is 6.03 Å². The number of carbonyl (C=O) groups excluding carboxylic acids is 1. The molecule has 0 unspecified atom stereocenters. The molecule has 5 nitrogen and oxygen atoms in total. The number of amides is 2. The van der Waals surface area contributed by atoms with E-state index < -0.39 is 0 Å². The van der Waals surface area contributed by atoms with Gasteiger partial charge in [0.15, 0.2) is 0 Å². The second kappa shape index (κ2) is 8.16. The minimum atomic E-state index is -0.0241. The Kier molecular flexibility index (Phi) is 6.50. The summed E-state index contributed by atoms with van der Waals surface area (Å²) in [7, 11) is 1.95. The van der Waals surface area contributed by atoms with E-state index in [1.54, 1.807) is 0 Å². The topological polar surface area (TPSA) is 44.8 Å². The van der Waals surface area contributed by atoms with Crippen molar-refractivity contribution in [1.82, 2.24) is 15.1 Å². The normalized spacial score (nSPS) is 22.1. The number of rotatable bonds is 4. The van der Waals surface area contributed by atoms with Crippen LogP contribution in [0.1, 0.15) is 52.4 Å². The monoisotopic (exact) mass is 311 g/mol. The van der Waals surface area contributed by atoms with Crippen LogP contribution in [-0.2, 0) is 4.74 Å². The molecule has 1 saturated carbocycles. The molecule has 0 atom stereocenters. The third-order valence-corrected chi connectivity index (χ3v) is 5.23. The summed E-state index contributed by atoms with van der Waals surface area (Å²) in [5.41, 5.74) is -0.0241. The fourth-order valence-corrected chi connectivity index (χ4v) is 3.51. The Morgan fingerprint density at radius 2 is 1.77 bits per heavy atom. The second-order valence-electron chi connectivity index (χ2n) is 7.33. The van der Waals surface area contributed by atoms with Gasteiger partial charge < -0.3 is 15.0 Å². The third-order valence-electron chi connectivity index (χ3n) is 5.23. The largest absolute Gasteiger partial charge is 0.379 e. The summed E-state index contributed by atoms with van der Waals surface area (Å²) in [5, 5.41) is 3.14. The SMILES string of the molecule is CN(C(=O)NCC(C)(C)N1CCOCC1)C1CCCCCC1.